The lowest BCUT2D eigenvalue weighted by atomic mass is 9.97. The third-order valence-electron chi connectivity index (χ3n) is 3.68. The summed E-state index contributed by atoms with van der Waals surface area (Å²) in [6.45, 7) is 6.63. The van der Waals surface area contributed by atoms with Crippen molar-refractivity contribution in [2.75, 3.05) is 19.6 Å². The maximum Gasteiger partial charge on any atom is 0.259 e. The molecule has 0 radical (unpaired) electrons. The highest BCUT2D eigenvalue weighted by Crippen LogP contribution is 2.17. The van der Waals surface area contributed by atoms with Crippen LogP contribution in [-0.2, 0) is 0 Å². The van der Waals surface area contributed by atoms with Gasteiger partial charge in [0.25, 0.3) is 5.91 Å². The third-order valence-corrected chi connectivity index (χ3v) is 3.68. The molecule has 1 aliphatic rings. The van der Waals surface area contributed by atoms with Gasteiger partial charge in [-0.1, -0.05) is 13.8 Å². The summed E-state index contributed by atoms with van der Waals surface area (Å²) in [7, 11) is 0. The first kappa shape index (κ1) is 14.8. The monoisotopic (exact) mass is 277 g/mol. The Morgan fingerprint density at radius 2 is 2.35 bits per heavy atom. The number of carbonyl (C=O) groups is 1. The van der Waals surface area contributed by atoms with Crippen LogP contribution >= 0.6 is 0 Å². The van der Waals surface area contributed by atoms with Gasteiger partial charge in [-0.05, 0) is 25.3 Å². The third kappa shape index (κ3) is 3.70. The molecule has 2 rings (SSSR count). The summed E-state index contributed by atoms with van der Waals surface area (Å²) in [6.07, 6.45) is 5.18. The van der Waals surface area contributed by atoms with E-state index in [2.05, 4.69) is 24.1 Å². The van der Waals surface area contributed by atoms with Crippen LogP contribution in [0.5, 0.6) is 0 Å². The second-order valence-corrected chi connectivity index (χ2v) is 5.74. The molecule has 1 atom stereocenters. The molecule has 2 N–H and O–H groups in total. The van der Waals surface area contributed by atoms with Gasteiger partial charge in [-0.25, -0.2) is 0 Å². The van der Waals surface area contributed by atoms with Crippen molar-refractivity contribution in [3.05, 3.63) is 34.2 Å². The summed E-state index contributed by atoms with van der Waals surface area (Å²) in [5.41, 5.74) is 0.0288. The predicted octanol–water partition coefficient (Wildman–Crippen LogP) is 1.23. The van der Waals surface area contributed by atoms with E-state index in [1.54, 1.807) is 11.1 Å². The number of amides is 1. The summed E-state index contributed by atoms with van der Waals surface area (Å²) in [6, 6.07) is 1.85. The zero-order valence-electron chi connectivity index (χ0n) is 12.2. The molecule has 1 aromatic rings. The van der Waals surface area contributed by atoms with E-state index in [-0.39, 0.29) is 16.9 Å². The molecule has 20 heavy (non-hydrogen) atoms. The zero-order chi connectivity index (χ0) is 14.5. The molecule has 0 aliphatic carbocycles. The maximum atomic E-state index is 12.4. The van der Waals surface area contributed by atoms with E-state index in [0.717, 1.165) is 32.5 Å². The van der Waals surface area contributed by atoms with Crippen molar-refractivity contribution in [1.82, 2.24) is 15.2 Å². The minimum Gasteiger partial charge on any atom is -0.367 e. The zero-order valence-corrected chi connectivity index (χ0v) is 12.2. The topological polar surface area (TPSA) is 65.2 Å². The first-order valence-electron chi connectivity index (χ1n) is 7.27. The average Bonchev–Trinajstić information content (AvgIpc) is 2.45. The van der Waals surface area contributed by atoms with Crippen molar-refractivity contribution in [3.8, 4) is 0 Å². The average molecular weight is 277 g/mol. The molecule has 1 aromatic heterocycles. The van der Waals surface area contributed by atoms with Crippen molar-refractivity contribution in [2.45, 2.75) is 32.7 Å². The normalized spacial score (nSPS) is 19.4. The molecule has 1 unspecified atom stereocenters. The van der Waals surface area contributed by atoms with Gasteiger partial charge in [0, 0.05) is 37.6 Å². The molecule has 5 nitrogen and oxygen atoms in total. The molecule has 1 saturated heterocycles. The van der Waals surface area contributed by atoms with Gasteiger partial charge in [0.05, 0.1) is 0 Å². The number of aromatic amines is 1. The van der Waals surface area contributed by atoms with Gasteiger partial charge in [-0.3, -0.25) is 9.59 Å². The lowest BCUT2D eigenvalue weighted by molar-refractivity contribution is 0.0670. The van der Waals surface area contributed by atoms with Crippen LogP contribution in [0.15, 0.2) is 23.3 Å². The Balaban J connectivity index is 2.00. The fourth-order valence-electron chi connectivity index (χ4n) is 2.57. The van der Waals surface area contributed by atoms with Crippen LogP contribution in [0.2, 0.25) is 0 Å². The number of aromatic nitrogens is 1. The van der Waals surface area contributed by atoms with Crippen LogP contribution in [0.25, 0.3) is 0 Å². The molecule has 0 aromatic carbocycles. The molecule has 1 amide bonds. The van der Waals surface area contributed by atoms with Crippen molar-refractivity contribution in [1.29, 1.82) is 0 Å². The molecule has 1 aliphatic heterocycles. The second-order valence-electron chi connectivity index (χ2n) is 5.74. The molecular weight excluding hydrogens is 254 g/mol. The Labute approximate surface area is 119 Å². The second kappa shape index (κ2) is 6.70. The number of pyridine rings is 1. The SMILES string of the molecule is CC(C)NCC1CCCN(C(=O)c2c[nH]ccc2=O)C1. The lowest BCUT2D eigenvalue weighted by Gasteiger charge is -2.33. The van der Waals surface area contributed by atoms with E-state index in [0.29, 0.717) is 12.0 Å². The highest BCUT2D eigenvalue weighted by Gasteiger charge is 2.25. The quantitative estimate of drug-likeness (QED) is 0.870. The molecule has 2 heterocycles. The number of likely N-dealkylation sites (tertiary alicyclic amines) is 1. The van der Waals surface area contributed by atoms with Gasteiger partial charge < -0.3 is 15.2 Å². The van der Waals surface area contributed by atoms with Crippen molar-refractivity contribution >= 4 is 5.91 Å². The molecule has 5 heteroatoms. The van der Waals surface area contributed by atoms with Gasteiger partial charge >= 0.3 is 0 Å². The van der Waals surface area contributed by atoms with Crippen LogP contribution in [0.1, 0.15) is 37.0 Å². The largest absolute Gasteiger partial charge is 0.367 e. The Morgan fingerprint density at radius 3 is 3.05 bits per heavy atom. The Morgan fingerprint density at radius 1 is 1.55 bits per heavy atom. The number of rotatable bonds is 4. The van der Waals surface area contributed by atoms with Crippen molar-refractivity contribution in [2.24, 2.45) is 5.92 Å². The van der Waals surface area contributed by atoms with E-state index < -0.39 is 0 Å². The maximum absolute atomic E-state index is 12.4. The predicted molar refractivity (Wildman–Crippen MR) is 78.8 cm³/mol. The van der Waals surface area contributed by atoms with Gasteiger partial charge in [0.1, 0.15) is 5.56 Å². The van der Waals surface area contributed by atoms with E-state index >= 15 is 0 Å². The standard InChI is InChI=1S/C15H23N3O2/c1-11(2)17-8-12-4-3-7-18(10-12)15(20)13-9-16-6-5-14(13)19/h5-6,9,11-12,17H,3-4,7-8,10H2,1-2H3,(H,16,19). The molecular formula is C15H23N3O2. The van der Waals surface area contributed by atoms with Gasteiger partial charge in [-0.15, -0.1) is 0 Å². The number of hydrogen-bond donors (Lipinski definition) is 2. The summed E-state index contributed by atoms with van der Waals surface area (Å²) < 4.78 is 0. The number of nitrogens with one attached hydrogen (secondary N) is 2. The molecule has 0 saturated carbocycles. The minimum atomic E-state index is -0.212. The fourth-order valence-corrected chi connectivity index (χ4v) is 2.57. The summed E-state index contributed by atoms with van der Waals surface area (Å²) in [5, 5.41) is 3.42. The van der Waals surface area contributed by atoms with Crippen molar-refractivity contribution in [3.63, 3.8) is 0 Å². The summed E-state index contributed by atoms with van der Waals surface area (Å²) in [4.78, 5) is 28.7. The Kier molecular flexibility index (Phi) is 4.95. The minimum absolute atomic E-state index is 0.152. The lowest BCUT2D eigenvalue weighted by Crippen LogP contribution is -2.44. The Hall–Kier alpha value is -1.62. The van der Waals surface area contributed by atoms with Gasteiger partial charge in [-0.2, -0.15) is 0 Å². The number of piperidine rings is 1. The van der Waals surface area contributed by atoms with Gasteiger partial charge in [0.2, 0.25) is 0 Å². The van der Waals surface area contributed by atoms with Crippen LogP contribution in [0.4, 0.5) is 0 Å². The van der Waals surface area contributed by atoms with Crippen LogP contribution < -0.4 is 10.7 Å². The summed E-state index contributed by atoms with van der Waals surface area (Å²) in [5.74, 6) is 0.319. The fraction of sp³-hybridized carbons (Fsp3) is 0.600. The highest BCUT2D eigenvalue weighted by atomic mass is 16.2. The van der Waals surface area contributed by atoms with E-state index in [1.165, 1.54) is 12.3 Å². The van der Waals surface area contributed by atoms with Crippen LogP contribution in [-0.4, -0.2) is 41.5 Å². The van der Waals surface area contributed by atoms with Crippen LogP contribution in [0.3, 0.4) is 0 Å². The molecule has 0 bridgehead atoms. The Bertz CT molecular complexity index is 510. The number of H-pyrrole nitrogens is 1. The van der Waals surface area contributed by atoms with Crippen molar-refractivity contribution < 1.29 is 4.79 Å². The van der Waals surface area contributed by atoms with E-state index in [1.807, 2.05) is 0 Å². The smallest absolute Gasteiger partial charge is 0.259 e. The van der Waals surface area contributed by atoms with E-state index in [9.17, 15) is 9.59 Å². The molecule has 1 fully saturated rings. The van der Waals surface area contributed by atoms with Gasteiger partial charge in [0.15, 0.2) is 5.43 Å². The number of nitrogens with zero attached hydrogens (tertiary/aromatic N) is 1. The summed E-state index contributed by atoms with van der Waals surface area (Å²) >= 11 is 0. The first-order valence-corrected chi connectivity index (χ1v) is 7.27. The molecule has 0 spiro atoms. The molecule has 110 valence electrons. The number of hydrogen-bond acceptors (Lipinski definition) is 3. The number of carbonyl (C=O) groups excluding carboxylic acids is 1. The first-order chi connectivity index (χ1) is 9.58. The highest BCUT2D eigenvalue weighted by molar-refractivity contribution is 5.93. The van der Waals surface area contributed by atoms with E-state index in [4.69, 9.17) is 0 Å². The van der Waals surface area contributed by atoms with Crippen LogP contribution in [0, 0.1) is 5.92 Å².